The van der Waals surface area contributed by atoms with Crippen LogP contribution in [0.3, 0.4) is 0 Å². The van der Waals surface area contributed by atoms with Crippen LogP contribution in [0.25, 0.3) is 0 Å². The van der Waals surface area contributed by atoms with Crippen molar-refractivity contribution in [3.63, 3.8) is 0 Å². The van der Waals surface area contributed by atoms with E-state index in [4.69, 9.17) is 0 Å². The van der Waals surface area contributed by atoms with Gasteiger partial charge in [-0.3, -0.25) is 4.79 Å². The number of carbonyl (C=O) groups excluding carboxylic acids is 1. The van der Waals surface area contributed by atoms with Crippen LogP contribution in [0.1, 0.15) is 25.3 Å². The molecule has 0 aromatic heterocycles. The molecule has 2 rings (SSSR count). The Bertz CT molecular complexity index is 546. The first-order chi connectivity index (χ1) is 9.52. The van der Waals surface area contributed by atoms with Gasteiger partial charge in [-0.1, -0.05) is 5.16 Å². The van der Waals surface area contributed by atoms with Gasteiger partial charge < -0.3 is 10.1 Å². The summed E-state index contributed by atoms with van der Waals surface area (Å²) < 4.78 is 26.7. The highest BCUT2D eigenvalue weighted by Gasteiger charge is 2.28. The minimum Gasteiger partial charge on any atom is -0.411 e. The number of hydrogen-bond donors (Lipinski definition) is 1. The van der Waals surface area contributed by atoms with Crippen molar-refractivity contribution in [2.24, 2.45) is 11.1 Å². The van der Waals surface area contributed by atoms with Gasteiger partial charge in [0.15, 0.2) is 0 Å². The number of benzene rings is 1. The molecule has 0 aliphatic carbocycles. The van der Waals surface area contributed by atoms with Crippen molar-refractivity contribution >= 4 is 11.6 Å². The Kier molecular flexibility index (Phi) is 4.32. The number of piperidine rings is 1. The highest BCUT2D eigenvalue weighted by atomic mass is 19.1. The summed E-state index contributed by atoms with van der Waals surface area (Å²) in [4.78, 5) is 13.0. The van der Waals surface area contributed by atoms with Crippen LogP contribution in [-0.2, 0) is 4.79 Å². The Hall–Kier alpha value is -1.98. The summed E-state index contributed by atoms with van der Waals surface area (Å²) in [7, 11) is 0. The molecule has 1 aromatic rings. The molecule has 108 valence electrons. The van der Waals surface area contributed by atoms with Gasteiger partial charge in [0.2, 0.25) is 5.91 Å². The van der Waals surface area contributed by atoms with Crippen LogP contribution in [-0.4, -0.2) is 34.8 Å². The SMILES string of the molecule is CC(=O)N1CCCC(/C(=N/O)c2ccc(F)cc2F)C1. The topological polar surface area (TPSA) is 52.9 Å². The standard InChI is InChI=1S/C14H16F2N2O2/c1-9(19)18-6-2-3-10(8-18)14(17-20)12-5-4-11(15)7-13(12)16/h4-5,7,10,20H,2-3,6,8H2,1H3/b17-14-. The predicted octanol–water partition coefficient (Wildman–Crippen LogP) is 2.40. The first-order valence-electron chi connectivity index (χ1n) is 6.45. The van der Waals surface area contributed by atoms with Gasteiger partial charge >= 0.3 is 0 Å². The lowest BCUT2D eigenvalue weighted by Gasteiger charge is -2.32. The van der Waals surface area contributed by atoms with Gasteiger partial charge in [0, 0.05) is 37.6 Å². The van der Waals surface area contributed by atoms with Crippen LogP contribution >= 0.6 is 0 Å². The zero-order chi connectivity index (χ0) is 14.7. The van der Waals surface area contributed by atoms with Crippen molar-refractivity contribution in [3.05, 3.63) is 35.4 Å². The third-order valence-electron chi connectivity index (χ3n) is 3.57. The Balaban J connectivity index is 2.26. The third kappa shape index (κ3) is 2.95. The Morgan fingerprint density at radius 2 is 2.20 bits per heavy atom. The monoisotopic (exact) mass is 282 g/mol. The molecule has 1 atom stereocenters. The molecule has 0 spiro atoms. The Morgan fingerprint density at radius 1 is 1.45 bits per heavy atom. The molecular formula is C14H16F2N2O2. The number of hydrogen-bond acceptors (Lipinski definition) is 3. The molecule has 6 heteroatoms. The summed E-state index contributed by atoms with van der Waals surface area (Å²) >= 11 is 0. The smallest absolute Gasteiger partial charge is 0.219 e. The van der Waals surface area contributed by atoms with Crippen LogP contribution in [0, 0.1) is 17.6 Å². The van der Waals surface area contributed by atoms with Gasteiger partial charge in [0.1, 0.15) is 11.6 Å². The third-order valence-corrected chi connectivity index (χ3v) is 3.57. The summed E-state index contributed by atoms with van der Waals surface area (Å²) in [5.74, 6) is -1.76. The van der Waals surface area contributed by atoms with E-state index in [1.807, 2.05) is 0 Å². The molecule has 0 bridgehead atoms. The Labute approximate surface area is 115 Å². The lowest BCUT2D eigenvalue weighted by atomic mass is 9.89. The molecule has 1 saturated heterocycles. The molecule has 1 aliphatic rings. The van der Waals surface area contributed by atoms with E-state index in [0.29, 0.717) is 19.5 Å². The predicted molar refractivity (Wildman–Crippen MR) is 69.7 cm³/mol. The number of oxime groups is 1. The highest BCUT2D eigenvalue weighted by Crippen LogP contribution is 2.23. The van der Waals surface area contributed by atoms with Crippen molar-refractivity contribution < 1.29 is 18.8 Å². The number of nitrogens with zero attached hydrogens (tertiary/aromatic N) is 2. The van der Waals surface area contributed by atoms with Crippen LogP contribution in [0.4, 0.5) is 8.78 Å². The molecule has 1 unspecified atom stereocenters. The zero-order valence-corrected chi connectivity index (χ0v) is 11.1. The fourth-order valence-corrected chi connectivity index (χ4v) is 2.54. The molecule has 1 fully saturated rings. The largest absolute Gasteiger partial charge is 0.411 e. The maximum atomic E-state index is 13.8. The van der Waals surface area contributed by atoms with E-state index in [0.717, 1.165) is 18.6 Å². The zero-order valence-electron chi connectivity index (χ0n) is 11.1. The number of likely N-dealkylation sites (tertiary alicyclic amines) is 1. The van der Waals surface area contributed by atoms with Crippen LogP contribution in [0.15, 0.2) is 23.4 Å². The van der Waals surface area contributed by atoms with E-state index in [2.05, 4.69) is 5.16 Å². The molecule has 1 aromatic carbocycles. The first-order valence-corrected chi connectivity index (χ1v) is 6.45. The normalized spacial score (nSPS) is 20.1. The quantitative estimate of drug-likeness (QED) is 0.514. The van der Waals surface area contributed by atoms with E-state index in [1.54, 1.807) is 4.90 Å². The van der Waals surface area contributed by atoms with E-state index in [-0.39, 0.29) is 23.1 Å². The van der Waals surface area contributed by atoms with Gasteiger partial charge in [-0.25, -0.2) is 8.78 Å². The lowest BCUT2D eigenvalue weighted by molar-refractivity contribution is -0.130. The second-order valence-electron chi connectivity index (χ2n) is 4.91. The summed E-state index contributed by atoms with van der Waals surface area (Å²) in [5, 5.41) is 12.4. The molecular weight excluding hydrogens is 266 g/mol. The molecule has 4 nitrogen and oxygen atoms in total. The molecule has 1 amide bonds. The van der Waals surface area contributed by atoms with Gasteiger partial charge in [0.05, 0.1) is 5.71 Å². The summed E-state index contributed by atoms with van der Waals surface area (Å²) in [6.07, 6.45) is 1.45. The number of carbonyl (C=O) groups is 1. The van der Waals surface area contributed by atoms with Crippen molar-refractivity contribution in [3.8, 4) is 0 Å². The summed E-state index contributed by atoms with van der Waals surface area (Å²) in [6.45, 7) is 2.50. The van der Waals surface area contributed by atoms with Crippen molar-refractivity contribution in [1.29, 1.82) is 0 Å². The fourth-order valence-electron chi connectivity index (χ4n) is 2.54. The molecule has 20 heavy (non-hydrogen) atoms. The Morgan fingerprint density at radius 3 is 2.80 bits per heavy atom. The number of amides is 1. The highest BCUT2D eigenvalue weighted by molar-refractivity contribution is 6.02. The van der Waals surface area contributed by atoms with Crippen molar-refractivity contribution in [1.82, 2.24) is 4.90 Å². The minimum atomic E-state index is -0.766. The first kappa shape index (κ1) is 14.4. The minimum absolute atomic E-state index is 0.0634. The summed E-state index contributed by atoms with van der Waals surface area (Å²) in [5.41, 5.74) is 0.234. The molecule has 1 heterocycles. The van der Waals surface area contributed by atoms with Crippen LogP contribution in [0.2, 0.25) is 0 Å². The van der Waals surface area contributed by atoms with E-state index < -0.39 is 11.6 Å². The second-order valence-corrected chi connectivity index (χ2v) is 4.91. The van der Waals surface area contributed by atoms with E-state index in [9.17, 15) is 18.8 Å². The lowest BCUT2D eigenvalue weighted by Crippen LogP contribution is -2.41. The maximum absolute atomic E-state index is 13.8. The van der Waals surface area contributed by atoms with Crippen LogP contribution < -0.4 is 0 Å². The molecule has 0 radical (unpaired) electrons. The maximum Gasteiger partial charge on any atom is 0.219 e. The van der Waals surface area contributed by atoms with Crippen molar-refractivity contribution in [2.45, 2.75) is 19.8 Å². The fraction of sp³-hybridized carbons (Fsp3) is 0.429. The van der Waals surface area contributed by atoms with Gasteiger partial charge in [-0.2, -0.15) is 0 Å². The molecule has 1 aliphatic heterocycles. The average Bonchev–Trinajstić information content (AvgIpc) is 2.42. The number of halogens is 2. The average molecular weight is 282 g/mol. The van der Waals surface area contributed by atoms with Crippen LogP contribution in [0.5, 0.6) is 0 Å². The van der Waals surface area contributed by atoms with E-state index in [1.165, 1.54) is 13.0 Å². The van der Waals surface area contributed by atoms with Gasteiger partial charge in [0.25, 0.3) is 0 Å². The summed E-state index contributed by atoms with van der Waals surface area (Å²) in [6, 6.07) is 3.13. The second kappa shape index (κ2) is 5.98. The molecule has 0 saturated carbocycles. The van der Waals surface area contributed by atoms with Crippen molar-refractivity contribution in [2.75, 3.05) is 13.1 Å². The number of rotatable bonds is 2. The van der Waals surface area contributed by atoms with Gasteiger partial charge in [-0.05, 0) is 25.0 Å². The van der Waals surface area contributed by atoms with E-state index >= 15 is 0 Å². The molecule has 1 N–H and O–H groups in total. The van der Waals surface area contributed by atoms with Gasteiger partial charge in [-0.15, -0.1) is 0 Å².